The molecule has 2 atom stereocenters. The summed E-state index contributed by atoms with van der Waals surface area (Å²) in [5.41, 5.74) is 4.18. The largest absolute Gasteiger partial charge is 0.481 e. The van der Waals surface area contributed by atoms with E-state index in [0.717, 1.165) is 47.7 Å². The summed E-state index contributed by atoms with van der Waals surface area (Å²) < 4.78 is 39.9. The molecule has 7 rings (SSSR count). The Bertz CT molecular complexity index is 2090. The molecule has 49 heavy (non-hydrogen) atoms. The maximum atomic E-state index is 13.8. The number of anilines is 2. The first kappa shape index (κ1) is 35.4. The number of alkyl halides is 2. The van der Waals surface area contributed by atoms with Crippen molar-refractivity contribution in [2.75, 3.05) is 25.6 Å². The number of aryl methyl sites for hydroxylation is 2. The van der Waals surface area contributed by atoms with Gasteiger partial charge in [0.1, 0.15) is 11.5 Å². The molecule has 2 N–H and O–H groups in total. The maximum absolute atomic E-state index is 13.8. The second-order valence-corrected chi connectivity index (χ2v) is 12.5. The molecule has 254 valence electrons. The molecule has 0 amide bonds. The Morgan fingerprint density at radius 2 is 1.82 bits per heavy atom. The van der Waals surface area contributed by atoms with Crippen molar-refractivity contribution in [1.82, 2.24) is 25.1 Å². The Hall–Kier alpha value is -3.47. The van der Waals surface area contributed by atoms with E-state index in [1.165, 1.54) is 13.2 Å². The van der Waals surface area contributed by atoms with Gasteiger partial charge in [-0.25, -0.2) is 23.4 Å². The van der Waals surface area contributed by atoms with Gasteiger partial charge in [-0.2, -0.15) is 5.10 Å². The van der Waals surface area contributed by atoms with E-state index < -0.39 is 17.7 Å². The Balaban J connectivity index is 0.00000417. The van der Waals surface area contributed by atoms with Crippen LogP contribution >= 0.6 is 23.2 Å². The summed E-state index contributed by atoms with van der Waals surface area (Å²) in [4.78, 5) is 22.0. The Morgan fingerprint density at radius 1 is 1.06 bits per heavy atom. The summed E-state index contributed by atoms with van der Waals surface area (Å²) in [6.07, 6.45) is 3.37. The van der Waals surface area contributed by atoms with E-state index >= 15 is 0 Å². The van der Waals surface area contributed by atoms with Crippen LogP contribution in [0.3, 0.4) is 0 Å². The van der Waals surface area contributed by atoms with Crippen LogP contribution in [0.2, 0.25) is 10.0 Å². The van der Waals surface area contributed by atoms with Crippen LogP contribution in [-0.4, -0.2) is 46.1 Å². The summed E-state index contributed by atoms with van der Waals surface area (Å²) in [5.74, 6) is 0.504. The molecule has 0 radical (unpaired) electrons. The number of hydrogen-bond donors (Lipinski definition) is 2. The second kappa shape index (κ2) is 14.8. The number of ether oxygens (including phenoxy) is 2. The zero-order chi connectivity index (χ0) is 33.5. The number of benzene rings is 2. The number of rotatable bonds is 8. The molecule has 0 saturated carbocycles. The van der Waals surface area contributed by atoms with Gasteiger partial charge in [-0.15, -0.1) is 6.04 Å². The van der Waals surface area contributed by atoms with Crippen molar-refractivity contribution in [3.05, 3.63) is 98.4 Å². The molecule has 5 aromatic rings. The molecule has 2 unspecified atom stereocenters. The number of halogens is 4. The van der Waals surface area contributed by atoms with E-state index in [0.29, 0.717) is 45.6 Å². The molecule has 1 aliphatic heterocycles. The van der Waals surface area contributed by atoms with Crippen LogP contribution in [0.1, 0.15) is 42.1 Å². The van der Waals surface area contributed by atoms with Gasteiger partial charge in [0.05, 0.1) is 40.1 Å². The molecule has 2 aromatic carbocycles. The van der Waals surface area contributed by atoms with E-state index in [9.17, 15) is 13.6 Å². The molecule has 1 aliphatic carbocycles. The third kappa shape index (κ3) is 6.84. The van der Waals surface area contributed by atoms with Crippen molar-refractivity contribution in [1.29, 1.82) is 0 Å². The van der Waals surface area contributed by atoms with Gasteiger partial charge in [-0.3, -0.25) is 11.2 Å². The molecule has 4 heterocycles. The summed E-state index contributed by atoms with van der Waals surface area (Å²) >= 11 is 14.1. The van der Waals surface area contributed by atoms with Gasteiger partial charge in [0.25, 0.3) is 12.0 Å². The molecule has 1 fully saturated rings. The standard InChI is InChI=1S/C35H31Cl2F2N6O3.Mo/c1-45-35(46)29-19(17-40-45)16-27(32(38)39)43-33(29)42-25-8-4-6-22(31(25)37)21-5-3-7-23(30(21)36)26-15-18-9-10-24(28(18)34(44-26)47-2)41-20-11-13-48-14-12-20;/h3-8,11,15-17,20,24,32,41H,9-10,12-14H2,1-2H3,(H,42,43);/q-1;. The van der Waals surface area contributed by atoms with Crippen molar-refractivity contribution in [2.24, 2.45) is 7.05 Å². The topological polar surface area (TPSA) is 103 Å². The van der Waals surface area contributed by atoms with Crippen LogP contribution in [0.5, 0.6) is 5.88 Å². The van der Waals surface area contributed by atoms with Crippen LogP contribution in [0.4, 0.5) is 20.3 Å². The predicted octanol–water partition coefficient (Wildman–Crippen LogP) is 7.62. The number of nitrogens with zero attached hydrogens (tertiary/aromatic N) is 4. The Kier molecular flexibility index (Phi) is 10.7. The zero-order valence-electron chi connectivity index (χ0n) is 26.5. The molecule has 1 saturated heterocycles. The van der Waals surface area contributed by atoms with E-state index in [1.807, 2.05) is 24.3 Å². The van der Waals surface area contributed by atoms with Gasteiger partial charge >= 0.3 is 0 Å². The van der Waals surface area contributed by atoms with Crippen molar-refractivity contribution >= 4 is 45.5 Å². The fraction of sp³-hybridized carbons (Fsp3) is 0.286. The fourth-order valence-electron chi connectivity index (χ4n) is 6.45. The van der Waals surface area contributed by atoms with E-state index in [-0.39, 0.29) is 54.8 Å². The van der Waals surface area contributed by atoms with E-state index in [4.69, 9.17) is 37.7 Å². The van der Waals surface area contributed by atoms with Gasteiger partial charge < -0.3 is 20.1 Å². The van der Waals surface area contributed by atoms with Crippen molar-refractivity contribution in [3.8, 4) is 28.3 Å². The van der Waals surface area contributed by atoms with Gasteiger partial charge in [-0.05, 0) is 43.0 Å². The summed E-state index contributed by atoms with van der Waals surface area (Å²) in [5, 5.41) is 11.8. The van der Waals surface area contributed by atoms with Gasteiger partial charge in [0.2, 0.25) is 5.88 Å². The first-order chi connectivity index (χ1) is 23.2. The number of aromatic nitrogens is 4. The minimum absolute atomic E-state index is 0. The maximum Gasteiger partial charge on any atom is 0.280 e. The molecule has 14 heteroatoms. The number of nitrogens with one attached hydrogen (secondary N) is 2. The normalized spacial score (nSPS) is 17.2. The minimum atomic E-state index is -2.86. The molecule has 9 nitrogen and oxygen atoms in total. The molecular weight excluding hydrogens is 757 g/mol. The number of methoxy groups -OCH3 is 1. The summed E-state index contributed by atoms with van der Waals surface area (Å²) in [6, 6.07) is 14.5. The van der Waals surface area contributed by atoms with Crippen LogP contribution in [-0.2, 0) is 39.3 Å². The van der Waals surface area contributed by atoms with Gasteiger partial charge in [0.15, 0.2) is 0 Å². The third-order valence-corrected chi connectivity index (χ3v) is 9.64. The number of hydrogen-bond acceptors (Lipinski definition) is 8. The van der Waals surface area contributed by atoms with Gasteiger partial charge in [0, 0.05) is 68.4 Å². The fourth-order valence-corrected chi connectivity index (χ4v) is 7.05. The summed E-state index contributed by atoms with van der Waals surface area (Å²) in [7, 11) is 3.10. The third-order valence-electron chi connectivity index (χ3n) is 8.83. The average Bonchev–Trinajstić information content (AvgIpc) is 3.49. The van der Waals surface area contributed by atoms with Crippen molar-refractivity contribution < 1.29 is 39.3 Å². The Morgan fingerprint density at radius 3 is 2.55 bits per heavy atom. The Labute approximate surface area is 305 Å². The molecule has 0 spiro atoms. The van der Waals surface area contributed by atoms with Gasteiger partial charge in [-0.1, -0.05) is 60.1 Å². The predicted molar refractivity (Wildman–Crippen MR) is 182 cm³/mol. The van der Waals surface area contributed by atoms with E-state index in [1.54, 1.807) is 19.2 Å². The van der Waals surface area contributed by atoms with Crippen molar-refractivity contribution in [2.45, 2.75) is 37.8 Å². The van der Waals surface area contributed by atoms with Crippen LogP contribution in [0, 0.1) is 6.42 Å². The number of fused-ring (bicyclic) bond motifs is 2. The van der Waals surface area contributed by atoms with Crippen LogP contribution in [0.15, 0.2) is 59.5 Å². The SMILES string of the molecule is COc1nc(-c2cccc(-c3cccc(Nc4nc(C(F)F)cc5cnn(C)c(=O)c45)c3Cl)c2Cl)cc2c1C(NC1[CH-]COCC1)CC2.[Mo]. The zero-order valence-corrected chi connectivity index (χ0v) is 30.0. The summed E-state index contributed by atoms with van der Waals surface area (Å²) in [6.45, 7) is 1.37. The monoisotopic (exact) mass is 789 g/mol. The molecule has 3 aromatic heterocycles. The van der Waals surface area contributed by atoms with E-state index in [2.05, 4.69) is 33.2 Å². The van der Waals surface area contributed by atoms with Crippen LogP contribution < -0.4 is 20.9 Å². The van der Waals surface area contributed by atoms with Crippen molar-refractivity contribution in [3.63, 3.8) is 0 Å². The smallest absolute Gasteiger partial charge is 0.280 e. The quantitative estimate of drug-likeness (QED) is 0.122. The molecule has 0 bridgehead atoms. The average molecular weight is 789 g/mol. The second-order valence-electron chi connectivity index (χ2n) is 11.7. The molecular formula is C35H31Cl2F2MoN6O3-. The van der Waals surface area contributed by atoms with Crippen LogP contribution in [0.25, 0.3) is 33.2 Å². The minimum Gasteiger partial charge on any atom is -0.481 e. The first-order valence-corrected chi connectivity index (χ1v) is 16.2. The molecule has 2 aliphatic rings. The first-order valence-electron chi connectivity index (χ1n) is 15.5. The number of pyridine rings is 2.